The summed E-state index contributed by atoms with van der Waals surface area (Å²) < 4.78 is 26.9. The molecule has 0 saturated heterocycles. The van der Waals surface area contributed by atoms with Crippen LogP contribution in [0, 0.1) is 6.92 Å². The van der Waals surface area contributed by atoms with E-state index in [2.05, 4.69) is 4.72 Å². The Balaban J connectivity index is 2.03. The van der Waals surface area contributed by atoms with Gasteiger partial charge in [-0.25, -0.2) is 13.1 Å². The van der Waals surface area contributed by atoms with Crippen molar-refractivity contribution in [2.24, 2.45) is 0 Å². The van der Waals surface area contributed by atoms with Crippen LogP contribution in [0.2, 0.25) is 10.0 Å². The minimum Gasteiger partial charge on any atom is -0.211 e. The van der Waals surface area contributed by atoms with E-state index in [9.17, 15) is 8.42 Å². The van der Waals surface area contributed by atoms with E-state index in [0.29, 0.717) is 23.0 Å². The summed E-state index contributed by atoms with van der Waals surface area (Å²) in [5.74, 6) is 0. The zero-order chi connectivity index (χ0) is 15.5. The maximum Gasteiger partial charge on any atom is 0.240 e. The smallest absolute Gasteiger partial charge is 0.211 e. The quantitative estimate of drug-likeness (QED) is 0.896. The Kier molecular flexibility index (Phi) is 5.27. The lowest BCUT2D eigenvalue weighted by Crippen LogP contribution is -2.26. The predicted molar refractivity (Wildman–Crippen MR) is 86.5 cm³/mol. The van der Waals surface area contributed by atoms with E-state index in [4.69, 9.17) is 23.2 Å². The van der Waals surface area contributed by atoms with Crippen molar-refractivity contribution in [2.45, 2.75) is 18.2 Å². The molecule has 0 aliphatic carbocycles. The molecule has 1 N–H and O–H groups in total. The van der Waals surface area contributed by atoms with Crippen molar-refractivity contribution in [2.75, 3.05) is 6.54 Å². The molecule has 0 atom stereocenters. The standard InChI is InChI=1S/C15H15Cl2NO2S/c1-11-9-14(5-6-15(11)17)21(19,20)18-8-7-12-3-2-4-13(16)10-12/h2-6,9-10,18H,7-8H2,1H3. The Morgan fingerprint density at radius 3 is 2.52 bits per heavy atom. The van der Waals surface area contributed by atoms with Gasteiger partial charge < -0.3 is 0 Å². The Hall–Kier alpha value is -1.07. The molecule has 0 spiro atoms. The van der Waals surface area contributed by atoms with E-state index in [1.54, 1.807) is 25.1 Å². The van der Waals surface area contributed by atoms with Gasteiger partial charge in [-0.05, 0) is 54.8 Å². The molecular formula is C15H15Cl2NO2S. The number of hydrogen-bond donors (Lipinski definition) is 1. The zero-order valence-corrected chi connectivity index (χ0v) is 13.8. The van der Waals surface area contributed by atoms with Gasteiger partial charge in [0.25, 0.3) is 0 Å². The monoisotopic (exact) mass is 343 g/mol. The molecule has 0 unspecified atom stereocenters. The van der Waals surface area contributed by atoms with Gasteiger partial charge >= 0.3 is 0 Å². The maximum absolute atomic E-state index is 12.2. The Morgan fingerprint density at radius 2 is 1.86 bits per heavy atom. The molecule has 6 heteroatoms. The summed E-state index contributed by atoms with van der Waals surface area (Å²) >= 11 is 11.8. The molecule has 0 bridgehead atoms. The topological polar surface area (TPSA) is 46.2 Å². The highest BCUT2D eigenvalue weighted by molar-refractivity contribution is 7.89. The lowest BCUT2D eigenvalue weighted by molar-refractivity contribution is 0.581. The number of benzene rings is 2. The van der Waals surface area contributed by atoms with Gasteiger partial charge in [-0.1, -0.05) is 35.3 Å². The summed E-state index contributed by atoms with van der Waals surface area (Å²) in [5.41, 5.74) is 1.71. The first-order valence-electron chi connectivity index (χ1n) is 6.39. The van der Waals surface area contributed by atoms with Crippen LogP contribution in [-0.2, 0) is 16.4 Å². The molecule has 0 fully saturated rings. The average molecular weight is 344 g/mol. The summed E-state index contributed by atoms with van der Waals surface area (Å²) in [6, 6.07) is 12.0. The van der Waals surface area contributed by atoms with E-state index in [1.165, 1.54) is 6.07 Å². The number of aryl methyl sites for hydroxylation is 1. The van der Waals surface area contributed by atoms with Gasteiger partial charge in [0.15, 0.2) is 0 Å². The van der Waals surface area contributed by atoms with Crippen LogP contribution >= 0.6 is 23.2 Å². The summed E-state index contributed by atoms with van der Waals surface area (Å²) in [6.07, 6.45) is 0.576. The van der Waals surface area contributed by atoms with Gasteiger partial charge in [0.05, 0.1) is 4.90 Å². The number of hydrogen-bond acceptors (Lipinski definition) is 2. The van der Waals surface area contributed by atoms with Crippen molar-refractivity contribution in [1.82, 2.24) is 4.72 Å². The molecule has 2 rings (SSSR count). The van der Waals surface area contributed by atoms with Gasteiger partial charge in [-0.15, -0.1) is 0 Å². The number of nitrogens with one attached hydrogen (secondary N) is 1. The number of rotatable bonds is 5. The second-order valence-corrected chi connectivity index (χ2v) is 7.30. The van der Waals surface area contributed by atoms with E-state index in [-0.39, 0.29) is 4.90 Å². The highest BCUT2D eigenvalue weighted by Crippen LogP contribution is 2.19. The average Bonchev–Trinajstić information content (AvgIpc) is 2.41. The molecule has 0 radical (unpaired) electrons. The van der Waals surface area contributed by atoms with Crippen molar-refractivity contribution in [3.05, 3.63) is 63.6 Å². The largest absolute Gasteiger partial charge is 0.240 e. The van der Waals surface area contributed by atoms with Crippen LogP contribution in [0.25, 0.3) is 0 Å². The molecule has 3 nitrogen and oxygen atoms in total. The molecule has 0 heterocycles. The van der Waals surface area contributed by atoms with Gasteiger partial charge in [-0.2, -0.15) is 0 Å². The van der Waals surface area contributed by atoms with Crippen molar-refractivity contribution in [1.29, 1.82) is 0 Å². The molecular weight excluding hydrogens is 329 g/mol. The van der Waals surface area contributed by atoms with E-state index in [1.807, 2.05) is 18.2 Å². The van der Waals surface area contributed by atoms with Gasteiger partial charge in [0.1, 0.15) is 0 Å². The van der Waals surface area contributed by atoms with Gasteiger partial charge in [-0.3, -0.25) is 0 Å². The fraction of sp³-hybridized carbons (Fsp3) is 0.200. The van der Waals surface area contributed by atoms with Crippen LogP contribution < -0.4 is 4.72 Å². The molecule has 0 amide bonds. The molecule has 0 aliphatic rings. The summed E-state index contributed by atoms with van der Waals surface area (Å²) in [5, 5.41) is 1.19. The van der Waals surface area contributed by atoms with Crippen LogP contribution in [0.5, 0.6) is 0 Å². The van der Waals surface area contributed by atoms with Crippen LogP contribution in [0.1, 0.15) is 11.1 Å². The molecule has 2 aromatic carbocycles. The van der Waals surface area contributed by atoms with Gasteiger partial charge in [0.2, 0.25) is 10.0 Å². The predicted octanol–water partition coefficient (Wildman–Crippen LogP) is 3.82. The van der Waals surface area contributed by atoms with Crippen LogP contribution in [0.15, 0.2) is 47.4 Å². The second kappa shape index (κ2) is 6.79. The highest BCUT2D eigenvalue weighted by atomic mass is 35.5. The summed E-state index contributed by atoms with van der Waals surface area (Å²) in [4.78, 5) is 0.218. The van der Waals surface area contributed by atoms with Crippen LogP contribution in [-0.4, -0.2) is 15.0 Å². The van der Waals surface area contributed by atoms with Gasteiger partial charge in [0, 0.05) is 16.6 Å². The molecule has 21 heavy (non-hydrogen) atoms. The van der Waals surface area contributed by atoms with Crippen LogP contribution in [0.4, 0.5) is 0 Å². The van der Waals surface area contributed by atoms with Crippen molar-refractivity contribution >= 4 is 33.2 Å². The summed E-state index contributed by atoms with van der Waals surface area (Å²) in [6.45, 7) is 2.08. The molecule has 0 aliphatic heterocycles. The molecule has 0 aromatic heterocycles. The van der Waals surface area contributed by atoms with Crippen molar-refractivity contribution in [3.63, 3.8) is 0 Å². The van der Waals surface area contributed by atoms with Crippen LogP contribution in [0.3, 0.4) is 0 Å². The van der Waals surface area contributed by atoms with E-state index in [0.717, 1.165) is 11.1 Å². The van der Waals surface area contributed by atoms with E-state index >= 15 is 0 Å². The maximum atomic E-state index is 12.2. The van der Waals surface area contributed by atoms with Crippen molar-refractivity contribution < 1.29 is 8.42 Å². The second-order valence-electron chi connectivity index (χ2n) is 4.69. The van der Waals surface area contributed by atoms with E-state index < -0.39 is 10.0 Å². The first-order chi connectivity index (χ1) is 9.88. The Morgan fingerprint density at radius 1 is 1.10 bits per heavy atom. The number of sulfonamides is 1. The normalized spacial score (nSPS) is 11.6. The fourth-order valence-corrected chi connectivity index (χ4v) is 3.34. The fourth-order valence-electron chi connectivity index (χ4n) is 1.89. The van der Waals surface area contributed by atoms with Crippen molar-refractivity contribution in [3.8, 4) is 0 Å². The third-order valence-corrected chi connectivity index (χ3v) is 5.15. The Labute approximate surface area is 135 Å². The molecule has 0 saturated carbocycles. The first-order valence-corrected chi connectivity index (χ1v) is 8.63. The highest BCUT2D eigenvalue weighted by Gasteiger charge is 2.14. The molecule has 2 aromatic rings. The summed E-state index contributed by atoms with van der Waals surface area (Å²) in [7, 11) is -3.52. The Bertz CT molecular complexity index is 745. The number of halogens is 2. The molecule has 112 valence electrons. The lowest BCUT2D eigenvalue weighted by atomic mass is 10.2. The minimum atomic E-state index is -3.52. The first kappa shape index (κ1) is 16.3. The zero-order valence-electron chi connectivity index (χ0n) is 11.4. The lowest BCUT2D eigenvalue weighted by Gasteiger charge is -2.08. The third-order valence-electron chi connectivity index (χ3n) is 3.03. The minimum absolute atomic E-state index is 0.218. The SMILES string of the molecule is Cc1cc(S(=O)(=O)NCCc2cccc(Cl)c2)ccc1Cl. The third kappa shape index (κ3) is 4.45.